The first-order chi connectivity index (χ1) is 8.77. The number of nitro groups is 1. The molecule has 1 aromatic heterocycles. The molecule has 6 nitrogen and oxygen atoms in total. The number of para-hydroxylation sites is 1. The molecule has 3 rings (SSSR count). The maximum Gasteiger partial charge on any atom is 0.295 e. The van der Waals surface area contributed by atoms with Crippen LogP contribution in [0.1, 0.15) is 25.5 Å². The molecule has 0 saturated carbocycles. The van der Waals surface area contributed by atoms with Crippen LogP contribution in [0.4, 0.5) is 5.69 Å². The van der Waals surface area contributed by atoms with Crippen LogP contribution < -0.4 is 0 Å². The average molecular weight is 247 g/mol. The van der Waals surface area contributed by atoms with Crippen molar-refractivity contribution >= 4 is 16.6 Å². The minimum Gasteiger partial charge on any atom is -0.356 e. The van der Waals surface area contributed by atoms with E-state index in [4.69, 9.17) is 4.74 Å². The van der Waals surface area contributed by atoms with Crippen molar-refractivity contribution < 1.29 is 9.66 Å². The summed E-state index contributed by atoms with van der Waals surface area (Å²) in [7, 11) is 0. The first-order valence-electron chi connectivity index (χ1n) is 5.99. The second kappa shape index (κ2) is 4.38. The van der Waals surface area contributed by atoms with Crippen LogP contribution in [0.2, 0.25) is 0 Å². The van der Waals surface area contributed by atoms with Gasteiger partial charge < -0.3 is 4.74 Å². The van der Waals surface area contributed by atoms with Crippen molar-refractivity contribution in [2.24, 2.45) is 0 Å². The molecule has 0 spiro atoms. The highest BCUT2D eigenvalue weighted by Gasteiger charge is 2.23. The number of nitro benzene ring substituents is 1. The van der Waals surface area contributed by atoms with Crippen LogP contribution >= 0.6 is 0 Å². The summed E-state index contributed by atoms with van der Waals surface area (Å²) in [6.07, 6.45) is 4.42. The highest BCUT2D eigenvalue weighted by atomic mass is 16.6. The van der Waals surface area contributed by atoms with E-state index in [9.17, 15) is 10.1 Å². The predicted molar refractivity (Wildman–Crippen MR) is 65.2 cm³/mol. The van der Waals surface area contributed by atoms with E-state index in [2.05, 4.69) is 5.10 Å². The molecule has 2 heterocycles. The van der Waals surface area contributed by atoms with Crippen molar-refractivity contribution in [3.05, 3.63) is 34.5 Å². The minimum absolute atomic E-state index is 0.0826. The Labute approximate surface area is 103 Å². The lowest BCUT2D eigenvalue weighted by Gasteiger charge is -2.23. The Balaban J connectivity index is 2.14. The van der Waals surface area contributed by atoms with Crippen molar-refractivity contribution in [1.29, 1.82) is 0 Å². The van der Waals surface area contributed by atoms with Crippen LogP contribution in [0.5, 0.6) is 0 Å². The quantitative estimate of drug-likeness (QED) is 0.604. The molecule has 0 radical (unpaired) electrons. The first-order valence-corrected chi connectivity index (χ1v) is 5.99. The smallest absolute Gasteiger partial charge is 0.295 e. The molecule has 6 heteroatoms. The Bertz CT molecular complexity index is 587. The van der Waals surface area contributed by atoms with Crippen molar-refractivity contribution in [3.63, 3.8) is 0 Å². The lowest BCUT2D eigenvalue weighted by atomic mass is 10.2. The van der Waals surface area contributed by atoms with E-state index < -0.39 is 0 Å². The molecule has 1 atom stereocenters. The lowest BCUT2D eigenvalue weighted by molar-refractivity contribution is -0.383. The molecule has 1 aliphatic heterocycles. The summed E-state index contributed by atoms with van der Waals surface area (Å²) in [4.78, 5) is 10.7. The lowest BCUT2D eigenvalue weighted by Crippen LogP contribution is -2.19. The standard InChI is InChI=1S/C12H13N3O3/c16-15(17)10-5-3-4-9-8-13-14(12(9)10)11-6-1-2-7-18-11/h3-5,8,11H,1-2,6-7H2. The van der Waals surface area contributed by atoms with Gasteiger partial charge in [-0.15, -0.1) is 0 Å². The van der Waals surface area contributed by atoms with Crippen LogP contribution in [0.3, 0.4) is 0 Å². The van der Waals surface area contributed by atoms with Gasteiger partial charge in [-0.1, -0.05) is 12.1 Å². The summed E-state index contributed by atoms with van der Waals surface area (Å²) in [6, 6.07) is 5.01. The normalized spacial score (nSPS) is 20.1. The van der Waals surface area contributed by atoms with E-state index >= 15 is 0 Å². The third-order valence-electron chi connectivity index (χ3n) is 3.22. The monoisotopic (exact) mass is 247 g/mol. The number of benzene rings is 1. The van der Waals surface area contributed by atoms with Gasteiger partial charge in [0.05, 0.1) is 11.1 Å². The number of fused-ring (bicyclic) bond motifs is 1. The molecule has 1 fully saturated rings. The van der Waals surface area contributed by atoms with Crippen LogP contribution in [0.25, 0.3) is 10.9 Å². The van der Waals surface area contributed by atoms with Gasteiger partial charge in [0.2, 0.25) is 0 Å². The number of rotatable bonds is 2. The minimum atomic E-state index is -0.372. The molecule has 2 aromatic rings. The molecule has 0 aliphatic carbocycles. The van der Waals surface area contributed by atoms with E-state index in [0.717, 1.165) is 24.6 Å². The van der Waals surface area contributed by atoms with Gasteiger partial charge in [0.1, 0.15) is 5.52 Å². The molecule has 1 aliphatic rings. The fourth-order valence-electron chi connectivity index (χ4n) is 2.37. The first kappa shape index (κ1) is 11.2. The third kappa shape index (κ3) is 1.74. The van der Waals surface area contributed by atoms with Gasteiger partial charge in [0.15, 0.2) is 6.23 Å². The Kier molecular flexibility index (Phi) is 2.71. The van der Waals surface area contributed by atoms with E-state index in [-0.39, 0.29) is 16.8 Å². The molecule has 18 heavy (non-hydrogen) atoms. The Morgan fingerprint density at radius 1 is 1.44 bits per heavy atom. The van der Waals surface area contributed by atoms with Gasteiger partial charge >= 0.3 is 0 Å². The van der Waals surface area contributed by atoms with E-state index in [1.165, 1.54) is 6.07 Å². The van der Waals surface area contributed by atoms with Gasteiger partial charge in [-0.2, -0.15) is 5.10 Å². The number of hydrogen-bond acceptors (Lipinski definition) is 4. The number of non-ortho nitro benzene ring substituents is 1. The Hall–Kier alpha value is -1.95. The fraction of sp³-hybridized carbons (Fsp3) is 0.417. The zero-order chi connectivity index (χ0) is 12.5. The maximum absolute atomic E-state index is 11.1. The van der Waals surface area contributed by atoms with Gasteiger partial charge in [-0.25, -0.2) is 4.68 Å². The Morgan fingerprint density at radius 2 is 2.33 bits per heavy atom. The van der Waals surface area contributed by atoms with Crippen molar-refractivity contribution in [2.45, 2.75) is 25.5 Å². The Morgan fingerprint density at radius 3 is 3.06 bits per heavy atom. The molecule has 1 saturated heterocycles. The molecule has 0 bridgehead atoms. The highest BCUT2D eigenvalue weighted by molar-refractivity contribution is 5.87. The van der Waals surface area contributed by atoms with E-state index in [1.807, 2.05) is 6.07 Å². The van der Waals surface area contributed by atoms with Crippen molar-refractivity contribution in [2.75, 3.05) is 6.61 Å². The molecule has 0 amide bonds. The van der Waals surface area contributed by atoms with Crippen LogP contribution in [0.15, 0.2) is 24.4 Å². The summed E-state index contributed by atoms with van der Waals surface area (Å²) in [5.41, 5.74) is 0.633. The molecule has 1 aromatic carbocycles. The van der Waals surface area contributed by atoms with Crippen molar-refractivity contribution in [1.82, 2.24) is 9.78 Å². The van der Waals surface area contributed by atoms with Gasteiger partial charge in [-0.3, -0.25) is 10.1 Å². The summed E-state index contributed by atoms with van der Waals surface area (Å²) in [6.45, 7) is 0.687. The molecule has 1 unspecified atom stereocenters. The second-order valence-electron chi connectivity index (χ2n) is 4.38. The largest absolute Gasteiger partial charge is 0.356 e. The zero-order valence-electron chi connectivity index (χ0n) is 9.78. The SMILES string of the molecule is O=[N+]([O-])c1cccc2cnn(C3CCCCO3)c12. The number of nitrogens with zero attached hydrogens (tertiary/aromatic N) is 3. The second-order valence-corrected chi connectivity index (χ2v) is 4.38. The summed E-state index contributed by atoms with van der Waals surface area (Å²) >= 11 is 0. The zero-order valence-corrected chi connectivity index (χ0v) is 9.78. The van der Waals surface area contributed by atoms with Crippen molar-refractivity contribution in [3.8, 4) is 0 Å². The van der Waals surface area contributed by atoms with Gasteiger partial charge in [0.25, 0.3) is 5.69 Å². The topological polar surface area (TPSA) is 70.2 Å². The fourth-order valence-corrected chi connectivity index (χ4v) is 2.37. The van der Waals surface area contributed by atoms with Crippen LogP contribution in [-0.2, 0) is 4.74 Å². The van der Waals surface area contributed by atoms with Gasteiger partial charge in [0, 0.05) is 18.1 Å². The number of aromatic nitrogens is 2. The van der Waals surface area contributed by atoms with E-state index in [1.54, 1.807) is 16.9 Å². The summed E-state index contributed by atoms with van der Waals surface area (Å²) in [5.74, 6) is 0. The molecule has 0 N–H and O–H groups in total. The third-order valence-corrected chi connectivity index (χ3v) is 3.22. The summed E-state index contributed by atoms with van der Waals surface area (Å²) < 4.78 is 7.29. The summed E-state index contributed by atoms with van der Waals surface area (Å²) in [5, 5.41) is 16.1. The average Bonchev–Trinajstić information content (AvgIpc) is 2.83. The number of ether oxygens (including phenoxy) is 1. The predicted octanol–water partition coefficient (Wildman–Crippen LogP) is 2.64. The highest BCUT2D eigenvalue weighted by Crippen LogP contribution is 2.31. The van der Waals surface area contributed by atoms with E-state index in [0.29, 0.717) is 12.1 Å². The molecular formula is C12H13N3O3. The molecular weight excluding hydrogens is 234 g/mol. The van der Waals surface area contributed by atoms with Crippen LogP contribution in [0, 0.1) is 10.1 Å². The van der Waals surface area contributed by atoms with Gasteiger partial charge in [-0.05, 0) is 19.3 Å². The van der Waals surface area contributed by atoms with Crippen LogP contribution in [-0.4, -0.2) is 21.3 Å². The maximum atomic E-state index is 11.1. The number of hydrogen-bond donors (Lipinski definition) is 0. The molecule has 94 valence electrons.